The van der Waals surface area contributed by atoms with Crippen LogP contribution in [0.1, 0.15) is 74.8 Å². The summed E-state index contributed by atoms with van der Waals surface area (Å²) in [6.45, 7) is 7.19. The van der Waals surface area contributed by atoms with Crippen molar-refractivity contribution in [3.05, 3.63) is 89.3 Å². The fourth-order valence-corrected chi connectivity index (χ4v) is 8.33. The number of benzene rings is 1. The molecule has 0 unspecified atom stereocenters. The second-order valence-electron chi connectivity index (χ2n) is 14.7. The van der Waals surface area contributed by atoms with Crippen molar-refractivity contribution >= 4 is 79.1 Å². The lowest BCUT2D eigenvalue weighted by Crippen LogP contribution is -2.42. The van der Waals surface area contributed by atoms with Crippen molar-refractivity contribution < 1.29 is 14.4 Å². The maximum absolute atomic E-state index is 12.9. The minimum atomic E-state index is -0.585. The van der Waals surface area contributed by atoms with E-state index in [0.29, 0.717) is 17.8 Å². The fourth-order valence-electron chi connectivity index (χ4n) is 6.98. The molecule has 0 saturated carbocycles. The SMILES string of the molecule is Cc1cc(Nc2cc(N3CCC[C@@H](CC(=O)c4ccc(N(C)C)cc4)C3)cnc2C(N)=O)sn1.Cc1cc(Nc2cc(N3CCC[C@@H](N)C3)cnc2C(N)=O)sn1. The largest absolute Gasteiger partial charge is 0.378 e. The topological polar surface area (TPSA) is 215 Å². The summed E-state index contributed by atoms with van der Waals surface area (Å²) in [7, 11) is 3.97. The van der Waals surface area contributed by atoms with Gasteiger partial charge in [0.25, 0.3) is 11.8 Å². The Kier molecular flexibility index (Phi) is 13.3. The molecule has 0 spiro atoms. The summed E-state index contributed by atoms with van der Waals surface area (Å²) in [5.41, 5.74) is 24.1. The second kappa shape index (κ2) is 18.5. The normalized spacial score (nSPS) is 16.6. The van der Waals surface area contributed by atoms with Gasteiger partial charge in [0.05, 0.1) is 46.5 Å². The summed E-state index contributed by atoms with van der Waals surface area (Å²) in [4.78, 5) is 51.5. The van der Waals surface area contributed by atoms with Crippen molar-refractivity contribution in [2.24, 2.45) is 23.1 Å². The average molecular weight is 811 g/mol. The highest BCUT2D eigenvalue weighted by molar-refractivity contribution is 7.10. The lowest BCUT2D eigenvalue weighted by Gasteiger charge is -2.34. The number of nitrogens with zero attached hydrogens (tertiary/aromatic N) is 7. The molecule has 6 heterocycles. The number of nitrogens with one attached hydrogen (secondary N) is 2. The average Bonchev–Trinajstić information content (AvgIpc) is 3.80. The smallest absolute Gasteiger partial charge is 0.269 e. The number of aromatic nitrogens is 4. The molecular formula is C40H50N12O3S2. The third kappa shape index (κ3) is 10.8. The first-order valence-corrected chi connectivity index (χ1v) is 20.4. The van der Waals surface area contributed by atoms with Gasteiger partial charge < -0.3 is 42.5 Å². The van der Waals surface area contributed by atoms with Crippen LogP contribution in [-0.4, -0.2) is 82.6 Å². The number of carbonyl (C=O) groups excluding carboxylic acids is 3. The maximum atomic E-state index is 12.9. The lowest BCUT2D eigenvalue weighted by molar-refractivity contribution is 0.0954. The summed E-state index contributed by atoms with van der Waals surface area (Å²) in [6.07, 6.45) is 7.97. The standard InChI is InChI=1S/C25H30N6O2S.C15H20N6OS/c1-16-11-23(34-29-16)28-21-13-20(14-27-24(21)25(26)33)31-10-4-5-17(15-31)12-22(32)18-6-8-19(9-7-18)30(2)3;1-9-5-13(23-20-9)19-12-6-11(7-18-14(12)15(17)22)21-4-2-3-10(16)8-21/h6-9,11,13-14,17,28H,4-5,10,12,15H2,1-3H3,(H2,26,33);5-7,10,19H,2-4,8,16H2,1H3,(H2,17,22)/t17-;10-/m01/s1. The van der Waals surface area contributed by atoms with Gasteiger partial charge in [-0.05, 0) is 117 Å². The van der Waals surface area contributed by atoms with Crippen LogP contribution < -0.4 is 42.5 Å². The van der Waals surface area contributed by atoms with Gasteiger partial charge in [0, 0.05) is 64.0 Å². The first-order valence-electron chi connectivity index (χ1n) is 18.9. The van der Waals surface area contributed by atoms with Crippen LogP contribution >= 0.6 is 23.1 Å². The fraction of sp³-hybridized carbons (Fsp3) is 0.375. The number of rotatable bonds is 12. The highest BCUT2D eigenvalue weighted by atomic mass is 32.1. The quantitative estimate of drug-likeness (QED) is 0.0935. The number of aryl methyl sites for hydroxylation is 2. The van der Waals surface area contributed by atoms with Crippen LogP contribution in [0.2, 0.25) is 0 Å². The second-order valence-corrected chi connectivity index (χ2v) is 16.3. The van der Waals surface area contributed by atoms with Crippen LogP contribution in [0, 0.1) is 19.8 Å². The number of piperidine rings is 2. The molecule has 2 fully saturated rings. The van der Waals surface area contributed by atoms with E-state index >= 15 is 0 Å². The van der Waals surface area contributed by atoms with E-state index in [9.17, 15) is 14.4 Å². The van der Waals surface area contributed by atoms with Gasteiger partial charge in [-0.1, -0.05) is 0 Å². The molecule has 1 aromatic carbocycles. The molecule has 2 amide bonds. The number of nitrogens with two attached hydrogens (primary N) is 3. The van der Waals surface area contributed by atoms with E-state index < -0.39 is 11.8 Å². The molecular weight excluding hydrogens is 761 g/mol. The molecule has 5 aromatic rings. The number of hydrogen-bond donors (Lipinski definition) is 5. The van der Waals surface area contributed by atoms with Crippen LogP contribution in [0.15, 0.2) is 60.9 Å². The first-order chi connectivity index (χ1) is 27.3. The van der Waals surface area contributed by atoms with Gasteiger partial charge in [-0.15, -0.1) is 0 Å². The Balaban J connectivity index is 0.000000208. The van der Waals surface area contributed by atoms with Gasteiger partial charge >= 0.3 is 0 Å². The molecule has 0 bridgehead atoms. The molecule has 17 heteroatoms. The number of primary amides is 2. The van der Waals surface area contributed by atoms with Gasteiger partial charge in [-0.3, -0.25) is 14.4 Å². The van der Waals surface area contributed by atoms with Crippen LogP contribution in [0.5, 0.6) is 0 Å². The lowest BCUT2D eigenvalue weighted by atomic mass is 9.90. The third-order valence-corrected chi connectivity index (χ3v) is 11.5. The zero-order valence-corrected chi connectivity index (χ0v) is 34.3. The van der Waals surface area contributed by atoms with Gasteiger partial charge in [0.2, 0.25) is 0 Å². The minimum absolute atomic E-state index is 0.167. The van der Waals surface area contributed by atoms with Crippen molar-refractivity contribution in [2.45, 2.75) is 52.0 Å². The molecule has 57 heavy (non-hydrogen) atoms. The monoisotopic (exact) mass is 810 g/mol. The number of Topliss-reactive ketones (excluding diaryl/α,β-unsaturated/α-hetero) is 1. The van der Waals surface area contributed by atoms with E-state index in [1.807, 2.05) is 81.4 Å². The highest BCUT2D eigenvalue weighted by Crippen LogP contribution is 2.32. The van der Waals surface area contributed by atoms with Gasteiger partial charge in [-0.2, -0.15) is 8.75 Å². The zero-order chi connectivity index (χ0) is 40.6. The first kappa shape index (κ1) is 41.0. The number of carbonyl (C=O) groups is 3. The van der Waals surface area contributed by atoms with E-state index in [1.54, 1.807) is 12.4 Å². The molecule has 15 nitrogen and oxygen atoms in total. The van der Waals surface area contributed by atoms with Crippen molar-refractivity contribution in [2.75, 3.05) is 65.6 Å². The molecule has 0 radical (unpaired) electrons. The molecule has 2 atom stereocenters. The van der Waals surface area contributed by atoms with E-state index in [0.717, 1.165) is 95.9 Å². The van der Waals surface area contributed by atoms with Crippen LogP contribution in [0.3, 0.4) is 0 Å². The van der Waals surface area contributed by atoms with E-state index in [1.165, 1.54) is 23.1 Å². The van der Waals surface area contributed by atoms with E-state index in [-0.39, 0.29) is 29.1 Å². The van der Waals surface area contributed by atoms with E-state index in [4.69, 9.17) is 17.2 Å². The summed E-state index contributed by atoms with van der Waals surface area (Å²) in [6, 6.07) is 15.6. The Labute approximate surface area is 341 Å². The summed E-state index contributed by atoms with van der Waals surface area (Å²) < 4.78 is 8.50. The predicted molar refractivity (Wildman–Crippen MR) is 230 cm³/mol. The molecule has 2 aliphatic rings. The molecule has 8 N–H and O–H groups in total. The number of pyridine rings is 2. The number of amides is 2. The van der Waals surface area contributed by atoms with Crippen molar-refractivity contribution in [1.29, 1.82) is 0 Å². The molecule has 2 aliphatic heterocycles. The number of hydrogen-bond acceptors (Lipinski definition) is 15. The van der Waals surface area contributed by atoms with Crippen molar-refractivity contribution in [3.63, 3.8) is 0 Å². The third-order valence-electron chi connectivity index (χ3n) is 9.87. The van der Waals surface area contributed by atoms with Crippen molar-refractivity contribution in [3.8, 4) is 0 Å². The number of ketones is 1. The Bertz CT molecular complexity index is 2190. The Morgan fingerprint density at radius 2 is 1.28 bits per heavy atom. The molecule has 4 aromatic heterocycles. The maximum Gasteiger partial charge on any atom is 0.269 e. The molecule has 7 rings (SSSR count). The van der Waals surface area contributed by atoms with Gasteiger partial charge in [0.1, 0.15) is 10.0 Å². The van der Waals surface area contributed by atoms with Gasteiger partial charge in [-0.25, -0.2) is 9.97 Å². The Morgan fingerprint density at radius 3 is 1.74 bits per heavy atom. The minimum Gasteiger partial charge on any atom is -0.378 e. The summed E-state index contributed by atoms with van der Waals surface area (Å²) >= 11 is 2.65. The summed E-state index contributed by atoms with van der Waals surface area (Å²) in [5.74, 6) is -0.721. The Hall–Kier alpha value is -5.65. The van der Waals surface area contributed by atoms with Crippen LogP contribution in [-0.2, 0) is 0 Å². The van der Waals surface area contributed by atoms with E-state index in [2.05, 4.69) is 39.1 Å². The van der Waals surface area contributed by atoms with Crippen LogP contribution in [0.4, 0.5) is 38.4 Å². The molecule has 300 valence electrons. The van der Waals surface area contributed by atoms with Gasteiger partial charge in [0.15, 0.2) is 17.2 Å². The molecule has 2 saturated heterocycles. The predicted octanol–water partition coefficient (Wildman–Crippen LogP) is 5.86. The van der Waals surface area contributed by atoms with Crippen LogP contribution in [0.25, 0.3) is 0 Å². The molecule has 0 aliphatic carbocycles. The number of anilines is 7. The zero-order valence-electron chi connectivity index (χ0n) is 32.7. The summed E-state index contributed by atoms with van der Waals surface area (Å²) in [5, 5.41) is 8.11. The van der Waals surface area contributed by atoms with Crippen molar-refractivity contribution in [1.82, 2.24) is 18.7 Å². The Morgan fingerprint density at radius 1 is 0.772 bits per heavy atom. The highest BCUT2D eigenvalue weighted by Gasteiger charge is 2.25.